The number of pyridine rings is 1. The third-order valence-electron chi connectivity index (χ3n) is 3.39. The molecule has 1 aromatic carbocycles. The van der Waals surface area contributed by atoms with Gasteiger partial charge in [0.2, 0.25) is 0 Å². The second-order valence-electron chi connectivity index (χ2n) is 5.00. The molecule has 5 nitrogen and oxygen atoms in total. The number of nitrogens with two attached hydrogens (primary N) is 1. The minimum absolute atomic E-state index is 0.225. The van der Waals surface area contributed by atoms with Crippen LogP contribution < -0.4 is 16.4 Å². The first-order valence-electron chi connectivity index (χ1n) is 6.83. The predicted octanol–water partition coefficient (Wildman–Crippen LogP) is 2.28. The van der Waals surface area contributed by atoms with E-state index in [4.69, 9.17) is 5.73 Å². The molecule has 0 fully saturated rings. The van der Waals surface area contributed by atoms with E-state index < -0.39 is 0 Å². The molecule has 0 saturated carbocycles. The van der Waals surface area contributed by atoms with Crippen molar-refractivity contribution in [2.45, 2.75) is 26.9 Å². The number of nitrogen functional groups attached to an aromatic ring is 1. The van der Waals surface area contributed by atoms with Crippen LogP contribution in [0.5, 0.6) is 0 Å². The molecule has 1 heterocycles. The van der Waals surface area contributed by atoms with E-state index in [1.165, 1.54) is 11.1 Å². The lowest BCUT2D eigenvalue weighted by Gasteiger charge is -2.10. The van der Waals surface area contributed by atoms with E-state index in [2.05, 4.69) is 41.6 Å². The van der Waals surface area contributed by atoms with Gasteiger partial charge in [0.15, 0.2) is 0 Å². The van der Waals surface area contributed by atoms with E-state index in [9.17, 15) is 4.79 Å². The molecular formula is C16H20N4O. The Bertz CT molecular complexity index is 640. The average Bonchev–Trinajstić information content (AvgIpc) is 2.47. The highest BCUT2D eigenvalue weighted by molar-refractivity contribution is 5.74. The summed E-state index contributed by atoms with van der Waals surface area (Å²) < 4.78 is 0. The summed E-state index contributed by atoms with van der Waals surface area (Å²) in [5, 5.41) is 5.59. The fraction of sp³-hybridized carbons (Fsp3) is 0.250. The molecule has 0 unspecified atom stereocenters. The van der Waals surface area contributed by atoms with Crippen LogP contribution in [0.15, 0.2) is 36.5 Å². The Labute approximate surface area is 124 Å². The van der Waals surface area contributed by atoms with Crippen molar-refractivity contribution in [1.82, 2.24) is 15.6 Å². The quantitative estimate of drug-likeness (QED) is 0.805. The van der Waals surface area contributed by atoms with E-state index in [1.807, 2.05) is 12.1 Å². The highest BCUT2D eigenvalue weighted by Gasteiger charge is 2.04. The maximum atomic E-state index is 11.8. The second kappa shape index (κ2) is 6.74. The zero-order valence-electron chi connectivity index (χ0n) is 12.3. The van der Waals surface area contributed by atoms with E-state index >= 15 is 0 Å². The molecule has 1 aromatic heterocycles. The smallest absolute Gasteiger partial charge is 0.315 e. The number of rotatable bonds is 4. The number of aryl methyl sites for hydroxylation is 2. The van der Waals surface area contributed by atoms with Crippen molar-refractivity contribution in [2.24, 2.45) is 0 Å². The van der Waals surface area contributed by atoms with Gasteiger partial charge in [-0.25, -0.2) is 9.78 Å². The Morgan fingerprint density at radius 1 is 1.14 bits per heavy atom. The number of urea groups is 1. The Morgan fingerprint density at radius 3 is 2.62 bits per heavy atom. The molecule has 0 aliphatic carbocycles. The van der Waals surface area contributed by atoms with E-state index in [1.54, 1.807) is 12.3 Å². The Morgan fingerprint density at radius 2 is 1.90 bits per heavy atom. The Balaban J connectivity index is 1.82. The lowest BCUT2D eigenvalue weighted by molar-refractivity contribution is 0.240. The summed E-state index contributed by atoms with van der Waals surface area (Å²) in [6, 6.07) is 9.56. The fourth-order valence-electron chi connectivity index (χ4n) is 1.93. The molecule has 2 aromatic rings. The van der Waals surface area contributed by atoms with Gasteiger partial charge in [-0.05, 0) is 36.6 Å². The van der Waals surface area contributed by atoms with Crippen LogP contribution in [0.3, 0.4) is 0 Å². The van der Waals surface area contributed by atoms with Crippen molar-refractivity contribution in [2.75, 3.05) is 5.73 Å². The van der Waals surface area contributed by atoms with Gasteiger partial charge in [-0.1, -0.05) is 24.3 Å². The number of hydrogen-bond acceptors (Lipinski definition) is 3. The van der Waals surface area contributed by atoms with E-state index in [-0.39, 0.29) is 6.03 Å². The maximum Gasteiger partial charge on any atom is 0.315 e. The van der Waals surface area contributed by atoms with Gasteiger partial charge in [-0.2, -0.15) is 0 Å². The number of nitrogens with one attached hydrogen (secondary N) is 2. The van der Waals surface area contributed by atoms with Crippen molar-refractivity contribution >= 4 is 11.8 Å². The standard InChI is InChI=1S/C16H20N4O/c1-11-5-6-13(8-12(11)2)9-19-16(21)20-10-14-4-3-7-18-15(14)17/h3-8H,9-10H2,1-2H3,(H2,17,18)(H2,19,20,21). The van der Waals surface area contributed by atoms with Gasteiger partial charge in [0.1, 0.15) is 5.82 Å². The van der Waals surface area contributed by atoms with E-state index in [0.29, 0.717) is 18.9 Å². The van der Waals surface area contributed by atoms with Crippen LogP contribution in [0.25, 0.3) is 0 Å². The number of amides is 2. The largest absolute Gasteiger partial charge is 0.383 e. The van der Waals surface area contributed by atoms with E-state index in [0.717, 1.165) is 11.1 Å². The number of benzene rings is 1. The first kappa shape index (κ1) is 14.8. The molecule has 4 N–H and O–H groups in total. The SMILES string of the molecule is Cc1ccc(CNC(=O)NCc2cccnc2N)cc1C. The van der Waals surface area contributed by atoms with Gasteiger partial charge in [0.25, 0.3) is 0 Å². The molecule has 0 aliphatic rings. The lowest BCUT2D eigenvalue weighted by atomic mass is 10.1. The molecule has 110 valence electrons. The highest BCUT2D eigenvalue weighted by Crippen LogP contribution is 2.09. The third kappa shape index (κ3) is 4.21. The zero-order chi connectivity index (χ0) is 15.2. The summed E-state index contributed by atoms with van der Waals surface area (Å²) in [7, 11) is 0. The molecule has 0 radical (unpaired) electrons. The third-order valence-corrected chi connectivity index (χ3v) is 3.39. The average molecular weight is 284 g/mol. The van der Waals surface area contributed by atoms with Gasteiger partial charge < -0.3 is 16.4 Å². The molecular weight excluding hydrogens is 264 g/mol. The highest BCUT2D eigenvalue weighted by atomic mass is 16.2. The number of hydrogen-bond donors (Lipinski definition) is 3. The molecule has 2 amide bonds. The van der Waals surface area contributed by atoms with Crippen molar-refractivity contribution < 1.29 is 4.79 Å². The van der Waals surface area contributed by atoms with Gasteiger partial charge in [-0.15, -0.1) is 0 Å². The monoisotopic (exact) mass is 284 g/mol. The predicted molar refractivity (Wildman–Crippen MR) is 83.6 cm³/mol. The second-order valence-corrected chi connectivity index (χ2v) is 5.00. The number of anilines is 1. The summed E-state index contributed by atoms with van der Waals surface area (Å²) in [6.45, 7) is 4.98. The maximum absolute atomic E-state index is 11.8. The van der Waals surface area contributed by atoms with Crippen LogP contribution in [0.2, 0.25) is 0 Å². The zero-order valence-corrected chi connectivity index (χ0v) is 12.3. The van der Waals surface area contributed by atoms with Crippen LogP contribution in [0, 0.1) is 13.8 Å². The molecule has 2 rings (SSSR count). The number of carbonyl (C=O) groups excluding carboxylic acids is 1. The van der Waals surface area contributed by atoms with Crippen molar-refractivity contribution in [3.8, 4) is 0 Å². The van der Waals surface area contributed by atoms with Gasteiger partial charge in [0, 0.05) is 24.8 Å². The molecule has 0 atom stereocenters. The first-order valence-corrected chi connectivity index (χ1v) is 6.83. The Kier molecular flexibility index (Phi) is 4.77. The van der Waals surface area contributed by atoms with Crippen LogP contribution in [-0.2, 0) is 13.1 Å². The van der Waals surface area contributed by atoms with Gasteiger partial charge in [-0.3, -0.25) is 0 Å². The van der Waals surface area contributed by atoms with Crippen LogP contribution >= 0.6 is 0 Å². The normalized spacial score (nSPS) is 10.2. The van der Waals surface area contributed by atoms with Gasteiger partial charge in [0.05, 0.1) is 0 Å². The van der Waals surface area contributed by atoms with Crippen LogP contribution in [0.1, 0.15) is 22.3 Å². The molecule has 21 heavy (non-hydrogen) atoms. The molecule has 0 aliphatic heterocycles. The number of carbonyl (C=O) groups is 1. The topological polar surface area (TPSA) is 80.0 Å². The Hall–Kier alpha value is -2.56. The fourth-order valence-corrected chi connectivity index (χ4v) is 1.93. The first-order chi connectivity index (χ1) is 10.1. The molecule has 0 saturated heterocycles. The van der Waals surface area contributed by atoms with Crippen LogP contribution in [0.4, 0.5) is 10.6 Å². The summed E-state index contributed by atoms with van der Waals surface area (Å²) in [4.78, 5) is 15.7. The van der Waals surface area contributed by atoms with Crippen molar-refractivity contribution in [3.05, 3.63) is 58.8 Å². The number of nitrogens with zero attached hydrogens (tertiary/aromatic N) is 1. The summed E-state index contributed by atoms with van der Waals surface area (Å²) in [6.07, 6.45) is 1.62. The molecule has 0 bridgehead atoms. The van der Waals surface area contributed by atoms with Crippen molar-refractivity contribution in [1.29, 1.82) is 0 Å². The summed E-state index contributed by atoms with van der Waals surface area (Å²) in [5.41, 5.74) is 10.1. The minimum atomic E-state index is -0.225. The van der Waals surface area contributed by atoms with Gasteiger partial charge >= 0.3 is 6.03 Å². The van der Waals surface area contributed by atoms with Crippen LogP contribution in [-0.4, -0.2) is 11.0 Å². The number of aromatic nitrogens is 1. The lowest BCUT2D eigenvalue weighted by Crippen LogP contribution is -2.34. The minimum Gasteiger partial charge on any atom is -0.383 e. The summed E-state index contributed by atoms with van der Waals surface area (Å²) >= 11 is 0. The van der Waals surface area contributed by atoms with Crippen molar-refractivity contribution in [3.63, 3.8) is 0 Å². The summed E-state index contributed by atoms with van der Waals surface area (Å²) in [5.74, 6) is 0.437. The molecule has 5 heteroatoms. The molecule has 0 spiro atoms.